The Morgan fingerprint density at radius 3 is 0.880 bits per heavy atom. The molecule has 2 rings (SSSR count). The molecule has 0 radical (unpaired) electrons. The van der Waals surface area contributed by atoms with Crippen molar-refractivity contribution in [2.45, 2.75) is 116 Å². The van der Waals surface area contributed by atoms with Crippen molar-refractivity contribution in [1.82, 2.24) is 0 Å². The summed E-state index contributed by atoms with van der Waals surface area (Å²) in [7, 11) is 0. The largest absolute Gasteiger partial charge is 0.419 e. The third kappa shape index (κ3) is 15.2. The molecule has 2 N–H and O–H groups in total. The van der Waals surface area contributed by atoms with Crippen molar-refractivity contribution in [2.75, 3.05) is 0 Å². The van der Waals surface area contributed by atoms with Gasteiger partial charge in [-0.1, -0.05) is 116 Å². The fraction of sp³-hybridized carbons (Fsp3) is 1.00. The van der Waals surface area contributed by atoms with E-state index >= 15 is 0 Å². The maximum absolute atomic E-state index is 9.09. The van der Waals surface area contributed by atoms with E-state index in [0.717, 1.165) is 11.8 Å². The minimum absolute atomic E-state index is 1.09. The van der Waals surface area contributed by atoms with Gasteiger partial charge in [0.05, 0.1) is 0 Å². The Bertz CT molecular complexity index is 307. The van der Waals surface area contributed by atoms with Gasteiger partial charge in [-0.2, -0.15) is 0 Å². The summed E-state index contributed by atoms with van der Waals surface area (Å²) in [5, 5.41) is 0. The molecule has 0 bridgehead atoms. The van der Waals surface area contributed by atoms with Gasteiger partial charge in [-0.15, -0.1) is 0 Å². The first-order valence-corrected chi connectivity index (χ1v) is 13.2. The van der Waals surface area contributed by atoms with Gasteiger partial charge < -0.3 is 9.79 Å². The second-order valence-corrected chi connectivity index (χ2v) is 10.4. The van der Waals surface area contributed by atoms with Crippen molar-refractivity contribution >= 4 is 18.2 Å². The van der Waals surface area contributed by atoms with Crippen LogP contribution in [0.2, 0.25) is 0 Å². The number of hydrogen-bond acceptors (Lipinski definition) is 1. The maximum Gasteiger partial charge on any atom is 0.419 e. The van der Waals surface area contributed by atoms with E-state index < -0.39 is 6.95 Å². The number of hydrogen-bond donors (Lipinski definition) is 2. The third-order valence-corrected chi connectivity index (χ3v) is 5.97. The molecule has 2 aliphatic rings. The van der Waals surface area contributed by atoms with Gasteiger partial charge in [-0.05, 0) is 11.8 Å². The van der Waals surface area contributed by atoms with Gasteiger partial charge >= 0.3 is 6.95 Å². The lowest BCUT2D eigenvalue weighted by Crippen LogP contribution is -2.16. The van der Waals surface area contributed by atoms with Crippen molar-refractivity contribution in [2.24, 2.45) is 11.8 Å². The Balaban J connectivity index is 0.000000550. The summed E-state index contributed by atoms with van der Waals surface area (Å²) in [5.41, 5.74) is 0. The van der Waals surface area contributed by atoms with Crippen molar-refractivity contribution in [3.05, 3.63) is 0 Å². The molecule has 3 nitrogen and oxygen atoms in total. The molecule has 0 aromatic rings. The van der Waals surface area contributed by atoms with Crippen LogP contribution in [0.15, 0.2) is 0 Å². The molecule has 0 unspecified atom stereocenters. The van der Waals surface area contributed by atoms with Crippen LogP contribution in [0.4, 0.5) is 0 Å². The summed E-state index contributed by atoms with van der Waals surface area (Å²) in [4.78, 5) is 14.8. The molecule has 0 saturated heterocycles. The molecule has 0 amide bonds. The van der Waals surface area contributed by atoms with E-state index in [1.807, 2.05) is 0 Å². The first kappa shape index (κ1) is 23.5. The van der Waals surface area contributed by atoms with Crippen LogP contribution < -0.4 is 0 Å². The van der Waals surface area contributed by atoms with Crippen molar-refractivity contribution in [3.63, 3.8) is 0 Å². The summed E-state index contributed by atoms with van der Waals surface area (Å²) in [6, 6.07) is 0. The highest BCUT2D eigenvalue weighted by molar-refractivity contribution is 7.79. The Hall–Kier alpha value is 0.440. The van der Waals surface area contributed by atoms with Gasteiger partial charge in [-0.25, -0.2) is 4.57 Å². The lowest BCUT2D eigenvalue weighted by Gasteiger charge is -2.29. The summed E-state index contributed by atoms with van der Waals surface area (Å²) in [6.45, 7) is -4.17. The summed E-state index contributed by atoms with van der Waals surface area (Å²) in [5.74, 6) is 2.18. The van der Waals surface area contributed by atoms with Crippen LogP contribution >= 0.6 is 18.2 Å². The molecule has 5 heteroatoms. The van der Waals surface area contributed by atoms with E-state index in [9.17, 15) is 0 Å². The van der Waals surface area contributed by atoms with Gasteiger partial charge in [0.15, 0.2) is 0 Å². The summed E-state index contributed by atoms with van der Waals surface area (Å²) >= 11 is 4.20. The molecule has 2 aliphatic carbocycles. The molecule has 0 aromatic carbocycles. The van der Waals surface area contributed by atoms with Gasteiger partial charge in [0.2, 0.25) is 0 Å². The fourth-order valence-corrected chi connectivity index (χ4v) is 4.63. The van der Waals surface area contributed by atoms with Crippen LogP contribution in [0.3, 0.4) is 0 Å². The van der Waals surface area contributed by atoms with Crippen LogP contribution in [0.5, 0.6) is 0 Å². The highest BCUT2D eigenvalue weighted by Gasteiger charge is 2.21. The van der Waals surface area contributed by atoms with Crippen LogP contribution in [0.1, 0.15) is 116 Å². The Morgan fingerprint density at radius 2 is 0.680 bits per heavy atom. The lowest BCUT2D eigenvalue weighted by molar-refractivity contribution is 0.230. The molecule has 25 heavy (non-hydrogen) atoms. The smallest absolute Gasteiger partial charge is 0.313 e. The molecule has 2 fully saturated rings. The molecule has 0 aliphatic heterocycles. The molecule has 0 heterocycles. The first-order chi connectivity index (χ1) is 12.0. The molecule has 0 aromatic heterocycles. The van der Waals surface area contributed by atoms with Crippen LogP contribution in [-0.4, -0.2) is 9.79 Å². The molecular weight excluding hydrogens is 355 g/mol. The minimum Gasteiger partial charge on any atom is -0.313 e. The Labute approximate surface area is 160 Å². The summed E-state index contributed by atoms with van der Waals surface area (Å²) in [6.07, 6.45) is 27.5. The van der Waals surface area contributed by atoms with Gasteiger partial charge in [0, 0.05) is 11.2 Å². The minimum atomic E-state index is -4.17. The van der Waals surface area contributed by atoms with Gasteiger partial charge in [0.1, 0.15) is 0 Å². The summed E-state index contributed by atoms with van der Waals surface area (Å²) < 4.78 is 9.09. The SMILES string of the molecule is C1CCCCC(C2CCCCCCCCC2)CCCC1.O=P(O)(O)Cl. The van der Waals surface area contributed by atoms with E-state index in [1.165, 1.54) is 89.9 Å². The Morgan fingerprint density at radius 1 is 0.520 bits per heavy atom. The zero-order chi connectivity index (χ0) is 18.4. The normalized spacial score (nSPS) is 24.0. The van der Waals surface area contributed by atoms with E-state index in [1.54, 1.807) is 25.7 Å². The molecule has 0 spiro atoms. The average Bonchev–Trinajstić information content (AvgIpc) is 2.56. The van der Waals surface area contributed by atoms with Gasteiger partial charge in [-0.3, -0.25) is 0 Å². The van der Waals surface area contributed by atoms with E-state index in [-0.39, 0.29) is 0 Å². The third-order valence-electron chi connectivity index (χ3n) is 5.97. The highest BCUT2D eigenvalue weighted by atomic mass is 35.7. The molecular formula is C20H40ClO3P. The van der Waals surface area contributed by atoms with Crippen LogP contribution in [0, 0.1) is 11.8 Å². The van der Waals surface area contributed by atoms with E-state index in [4.69, 9.17) is 14.4 Å². The molecule has 150 valence electrons. The number of rotatable bonds is 1. The highest BCUT2D eigenvalue weighted by Crippen LogP contribution is 2.40. The Kier molecular flexibility index (Phi) is 13.6. The second-order valence-electron chi connectivity index (χ2n) is 8.10. The van der Waals surface area contributed by atoms with Crippen molar-refractivity contribution in [1.29, 1.82) is 0 Å². The lowest BCUT2D eigenvalue weighted by atomic mass is 9.77. The second kappa shape index (κ2) is 14.5. The van der Waals surface area contributed by atoms with Crippen LogP contribution in [0.25, 0.3) is 0 Å². The molecule has 2 saturated carbocycles. The maximum atomic E-state index is 9.09. The zero-order valence-electron chi connectivity index (χ0n) is 16.0. The molecule has 0 atom stereocenters. The topological polar surface area (TPSA) is 57.5 Å². The predicted octanol–water partition coefficient (Wildman–Crippen LogP) is 7.59. The quantitative estimate of drug-likeness (QED) is 0.450. The zero-order valence-corrected chi connectivity index (χ0v) is 17.7. The predicted molar refractivity (Wildman–Crippen MR) is 108 cm³/mol. The van der Waals surface area contributed by atoms with Crippen molar-refractivity contribution < 1.29 is 14.4 Å². The van der Waals surface area contributed by atoms with Crippen LogP contribution in [-0.2, 0) is 4.57 Å². The van der Waals surface area contributed by atoms with Gasteiger partial charge in [0.25, 0.3) is 0 Å². The fourth-order valence-electron chi connectivity index (χ4n) is 4.63. The van der Waals surface area contributed by atoms with E-state index in [0.29, 0.717) is 0 Å². The average molecular weight is 395 g/mol. The number of halogens is 1. The monoisotopic (exact) mass is 394 g/mol. The van der Waals surface area contributed by atoms with E-state index in [2.05, 4.69) is 11.2 Å². The first-order valence-electron chi connectivity index (χ1n) is 10.7. The standard InChI is InChI=1S/C20H38.ClH2O3P/c1-3-7-11-15-19(16-12-8-4-1)20-17-13-9-5-2-6-10-14-18-20;1-5(2,3)4/h19-20H,1-18H2;(H2,2,3,4). The van der Waals surface area contributed by atoms with Crippen molar-refractivity contribution in [3.8, 4) is 0 Å².